The standard InChI is InChI=1S/C17H19ClN2O2/c1-12-17(13(2)22-20-12)14(11-19)5-3-4-10-21-16-8-6-15(18)7-9-16/h6-9,14H,3-5,10H2,1-2H3. The van der Waals surface area contributed by atoms with Gasteiger partial charge in [0, 0.05) is 10.6 Å². The first kappa shape index (κ1) is 16.4. The molecule has 1 aromatic carbocycles. The molecule has 2 aromatic rings. The van der Waals surface area contributed by atoms with Gasteiger partial charge in [-0.1, -0.05) is 16.8 Å². The van der Waals surface area contributed by atoms with Gasteiger partial charge in [-0.2, -0.15) is 5.26 Å². The highest BCUT2D eigenvalue weighted by Crippen LogP contribution is 2.27. The minimum Gasteiger partial charge on any atom is -0.494 e. The summed E-state index contributed by atoms with van der Waals surface area (Å²) >= 11 is 5.82. The van der Waals surface area contributed by atoms with Crippen molar-refractivity contribution in [2.45, 2.75) is 39.0 Å². The van der Waals surface area contributed by atoms with Crippen LogP contribution in [0.15, 0.2) is 28.8 Å². The molecule has 0 N–H and O–H groups in total. The van der Waals surface area contributed by atoms with Crippen LogP contribution in [-0.4, -0.2) is 11.8 Å². The molecule has 1 heterocycles. The summed E-state index contributed by atoms with van der Waals surface area (Å²) in [7, 11) is 0. The zero-order chi connectivity index (χ0) is 15.9. The van der Waals surface area contributed by atoms with Crippen LogP contribution in [0.5, 0.6) is 5.75 Å². The van der Waals surface area contributed by atoms with Crippen molar-refractivity contribution in [3.05, 3.63) is 46.3 Å². The van der Waals surface area contributed by atoms with Crippen LogP contribution in [0, 0.1) is 25.2 Å². The van der Waals surface area contributed by atoms with Crippen molar-refractivity contribution in [3.8, 4) is 11.8 Å². The lowest BCUT2D eigenvalue weighted by Gasteiger charge is -2.09. The van der Waals surface area contributed by atoms with Gasteiger partial charge >= 0.3 is 0 Å². The molecule has 0 aliphatic carbocycles. The number of halogens is 1. The number of ether oxygens (including phenoxy) is 1. The van der Waals surface area contributed by atoms with Crippen molar-refractivity contribution < 1.29 is 9.26 Å². The molecular weight excluding hydrogens is 300 g/mol. The molecule has 0 radical (unpaired) electrons. The largest absolute Gasteiger partial charge is 0.494 e. The maximum absolute atomic E-state index is 9.34. The van der Waals surface area contributed by atoms with Gasteiger partial charge in [0.1, 0.15) is 11.5 Å². The number of hydrogen-bond acceptors (Lipinski definition) is 4. The van der Waals surface area contributed by atoms with Gasteiger partial charge in [-0.15, -0.1) is 0 Å². The van der Waals surface area contributed by atoms with Crippen LogP contribution in [0.4, 0.5) is 0 Å². The van der Waals surface area contributed by atoms with Crippen molar-refractivity contribution in [1.29, 1.82) is 5.26 Å². The maximum Gasteiger partial charge on any atom is 0.138 e. The van der Waals surface area contributed by atoms with Gasteiger partial charge in [-0.25, -0.2) is 0 Å². The number of rotatable bonds is 7. The Balaban J connectivity index is 1.76. The Hall–Kier alpha value is -1.99. The Labute approximate surface area is 135 Å². The number of nitriles is 1. The lowest BCUT2D eigenvalue weighted by atomic mass is 9.93. The highest BCUT2D eigenvalue weighted by molar-refractivity contribution is 6.30. The lowest BCUT2D eigenvalue weighted by Crippen LogP contribution is -2.02. The summed E-state index contributed by atoms with van der Waals surface area (Å²) in [4.78, 5) is 0. The minimum absolute atomic E-state index is 0.165. The molecule has 1 aromatic heterocycles. The van der Waals surface area contributed by atoms with Crippen LogP contribution in [0.2, 0.25) is 5.02 Å². The van der Waals surface area contributed by atoms with Gasteiger partial charge in [0.15, 0.2) is 0 Å². The second kappa shape index (κ2) is 7.86. The molecule has 116 valence electrons. The number of aromatic nitrogens is 1. The van der Waals surface area contributed by atoms with Gasteiger partial charge in [0.2, 0.25) is 0 Å². The molecule has 0 fully saturated rings. The maximum atomic E-state index is 9.34. The molecule has 1 unspecified atom stereocenters. The Bertz CT molecular complexity index is 624. The second-order valence-electron chi connectivity index (χ2n) is 5.22. The number of benzene rings is 1. The molecule has 0 aliphatic rings. The molecular formula is C17H19ClN2O2. The molecule has 0 bridgehead atoms. The Morgan fingerprint density at radius 3 is 2.59 bits per heavy atom. The quantitative estimate of drug-likeness (QED) is 0.688. The average Bonchev–Trinajstić information content (AvgIpc) is 2.84. The summed E-state index contributed by atoms with van der Waals surface area (Å²) in [6.45, 7) is 4.35. The summed E-state index contributed by atoms with van der Waals surface area (Å²) in [5, 5.41) is 14.0. The topological polar surface area (TPSA) is 59.0 Å². The van der Waals surface area contributed by atoms with Crippen LogP contribution in [-0.2, 0) is 0 Å². The van der Waals surface area contributed by atoms with Crippen molar-refractivity contribution in [1.82, 2.24) is 5.16 Å². The lowest BCUT2D eigenvalue weighted by molar-refractivity contribution is 0.304. The third-order valence-corrected chi connectivity index (χ3v) is 3.81. The summed E-state index contributed by atoms with van der Waals surface area (Å²) in [6.07, 6.45) is 2.59. The Morgan fingerprint density at radius 2 is 2.00 bits per heavy atom. The number of unbranched alkanes of at least 4 members (excludes halogenated alkanes) is 1. The zero-order valence-electron chi connectivity index (χ0n) is 12.8. The first-order chi connectivity index (χ1) is 10.6. The zero-order valence-corrected chi connectivity index (χ0v) is 13.6. The van der Waals surface area contributed by atoms with Crippen LogP contribution >= 0.6 is 11.6 Å². The van der Waals surface area contributed by atoms with Crippen molar-refractivity contribution in [2.24, 2.45) is 0 Å². The predicted octanol–water partition coefficient (Wildman–Crippen LogP) is 4.80. The fraction of sp³-hybridized carbons (Fsp3) is 0.412. The second-order valence-corrected chi connectivity index (χ2v) is 5.65. The van der Waals surface area contributed by atoms with E-state index >= 15 is 0 Å². The van der Waals surface area contributed by atoms with E-state index in [4.69, 9.17) is 20.9 Å². The first-order valence-electron chi connectivity index (χ1n) is 7.32. The smallest absolute Gasteiger partial charge is 0.138 e. The van der Waals surface area contributed by atoms with Crippen molar-refractivity contribution >= 4 is 11.6 Å². The van der Waals surface area contributed by atoms with Gasteiger partial charge in [0.05, 0.1) is 24.3 Å². The predicted molar refractivity (Wildman–Crippen MR) is 85.1 cm³/mol. The molecule has 0 saturated heterocycles. The summed E-state index contributed by atoms with van der Waals surface area (Å²) in [5.74, 6) is 1.38. The van der Waals surface area contributed by atoms with Crippen LogP contribution in [0.25, 0.3) is 0 Å². The molecule has 0 saturated carbocycles. The molecule has 4 nitrogen and oxygen atoms in total. The molecule has 0 amide bonds. The summed E-state index contributed by atoms with van der Waals surface area (Å²) < 4.78 is 10.8. The summed E-state index contributed by atoms with van der Waals surface area (Å²) in [6, 6.07) is 9.66. The third kappa shape index (κ3) is 4.25. The van der Waals surface area contributed by atoms with Gasteiger partial charge in [-0.3, -0.25) is 0 Å². The average molecular weight is 319 g/mol. The van der Waals surface area contributed by atoms with E-state index in [1.54, 1.807) is 12.1 Å². The minimum atomic E-state index is -0.165. The fourth-order valence-electron chi connectivity index (χ4n) is 2.43. The van der Waals surface area contributed by atoms with E-state index in [0.717, 1.165) is 42.0 Å². The molecule has 1 atom stereocenters. The Kier molecular flexibility index (Phi) is 5.85. The van der Waals surface area contributed by atoms with E-state index in [1.165, 1.54) is 0 Å². The van der Waals surface area contributed by atoms with E-state index in [1.807, 2.05) is 26.0 Å². The van der Waals surface area contributed by atoms with E-state index in [0.29, 0.717) is 11.6 Å². The van der Waals surface area contributed by atoms with Gasteiger partial charge < -0.3 is 9.26 Å². The van der Waals surface area contributed by atoms with Crippen LogP contribution in [0.1, 0.15) is 42.2 Å². The van der Waals surface area contributed by atoms with E-state index < -0.39 is 0 Å². The van der Waals surface area contributed by atoms with E-state index in [-0.39, 0.29) is 5.92 Å². The highest BCUT2D eigenvalue weighted by Gasteiger charge is 2.19. The van der Waals surface area contributed by atoms with Crippen molar-refractivity contribution in [3.63, 3.8) is 0 Å². The number of nitrogens with zero attached hydrogens (tertiary/aromatic N) is 2. The molecule has 0 spiro atoms. The number of hydrogen-bond donors (Lipinski definition) is 0. The molecule has 2 rings (SSSR count). The highest BCUT2D eigenvalue weighted by atomic mass is 35.5. The third-order valence-electron chi connectivity index (χ3n) is 3.56. The molecule has 22 heavy (non-hydrogen) atoms. The molecule has 0 aliphatic heterocycles. The van der Waals surface area contributed by atoms with Gasteiger partial charge in [-0.05, 0) is 57.4 Å². The van der Waals surface area contributed by atoms with Crippen LogP contribution < -0.4 is 4.74 Å². The normalized spacial score (nSPS) is 11.9. The van der Waals surface area contributed by atoms with Gasteiger partial charge in [0.25, 0.3) is 0 Å². The molecule has 5 heteroatoms. The SMILES string of the molecule is Cc1noc(C)c1C(C#N)CCCCOc1ccc(Cl)cc1. The van der Waals surface area contributed by atoms with Crippen molar-refractivity contribution in [2.75, 3.05) is 6.61 Å². The summed E-state index contributed by atoms with van der Waals surface area (Å²) in [5.41, 5.74) is 1.74. The number of aryl methyl sites for hydroxylation is 2. The Morgan fingerprint density at radius 1 is 1.27 bits per heavy atom. The fourth-order valence-corrected chi connectivity index (χ4v) is 2.56. The van der Waals surface area contributed by atoms with E-state index in [2.05, 4.69) is 11.2 Å². The van der Waals surface area contributed by atoms with E-state index in [9.17, 15) is 5.26 Å². The van der Waals surface area contributed by atoms with Crippen LogP contribution in [0.3, 0.4) is 0 Å². The monoisotopic (exact) mass is 318 g/mol. The first-order valence-corrected chi connectivity index (χ1v) is 7.70.